The number of halogens is 1. The van der Waals surface area contributed by atoms with Gasteiger partial charge >= 0.3 is 0 Å². The smallest absolute Gasteiger partial charge is 0.129 e. The van der Waals surface area contributed by atoms with Gasteiger partial charge in [-0.25, -0.2) is 4.98 Å². The molecule has 2 nitrogen and oxygen atoms in total. The number of hydrogen-bond acceptors (Lipinski definition) is 2. The molecule has 1 saturated heterocycles. The van der Waals surface area contributed by atoms with Crippen LogP contribution in [-0.2, 0) is 0 Å². The van der Waals surface area contributed by atoms with E-state index >= 15 is 0 Å². The van der Waals surface area contributed by atoms with Gasteiger partial charge in [0.15, 0.2) is 0 Å². The Labute approximate surface area is 96.3 Å². The third kappa shape index (κ3) is 2.16. The zero-order chi connectivity index (χ0) is 10.8. The lowest BCUT2D eigenvalue weighted by molar-refractivity contribution is 0.270. The average Bonchev–Trinajstić information content (AvgIpc) is 2.65. The monoisotopic (exact) mass is 224 g/mol. The van der Waals surface area contributed by atoms with E-state index in [0.29, 0.717) is 11.2 Å². The van der Waals surface area contributed by atoms with Crippen LogP contribution in [0.5, 0.6) is 0 Å². The van der Waals surface area contributed by atoms with Crippen molar-refractivity contribution >= 4 is 11.6 Å². The largest absolute Gasteiger partial charge is 0.297 e. The summed E-state index contributed by atoms with van der Waals surface area (Å²) in [5.41, 5.74) is 2.42. The van der Waals surface area contributed by atoms with Gasteiger partial charge in [-0.2, -0.15) is 0 Å². The summed E-state index contributed by atoms with van der Waals surface area (Å²) in [6, 6.07) is 4.58. The molecule has 1 aliphatic rings. The maximum absolute atomic E-state index is 5.87. The number of hydrogen-bond donors (Lipinski definition) is 0. The van der Waals surface area contributed by atoms with Crippen LogP contribution >= 0.6 is 11.6 Å². The molecule has 0 saturated carbocycles. The fourth-order valence-corrected chi connectivity index (χ4v) is 2.64. The van der Waals surface area contributed by atoms with Gasteiger partial charge in [0.05, 0.1) is 0 Å². The van der Waals surface area contributed by atoms with Gasteiger partial charge in [0, 0.05) is 11.7 Å². The predicted octanol–water partition coefficient (Wildman–Crippen LogP) is 3.20. The van der Waals surface area contributed by atoms with Gasteiger partial charge in [-0.1, -0.05) is 24.6 Å². The van der Waals surface area contributed by atoms with Gasteiger partial charge < -0.3 is 0 Å². The molecule has 1 aromatic rings. The Hall–Kier alpha value is -0.600. The van der Waals surface area contributed by atoms with Crippen molar-refractivity contribution in [1.82, 2.24) is 9.88 Å². The molecule has 0 bridgehead atoms. The second-order valence-electron chi connectivity index (χ2n) is 4.10. The molecule has 3 heteroatoms. The van der Waals surface area contributed by atoms with E-state index in [0.717, 1.165) is 12.2 Å². The summed E-state index contributed by atoms with van der Waals surface area (Å²) in [4.78, 5) is 6.84. The Kier molecular flexibility index (Phi) is 3.27. The lowest BCUT2D eigenvalue weighted by atomic mass is 10.0. The van der Waals surface area contributed by atoms with Gasteiger partial charge in [-0.3, -0.25) is 4.90 Å². The predicted molar refractivity (Wildman–Crippen MR) is 63.2 cm³/mol. The van der Waals surface area contributed by atoms with Crippen molar-refractivity contribution in [2.75, 3.05) is 13.1 Å². The standard InChI is InChI=1S/C12H17ClN2/c1-3-15-8-4-5-11(15)10-6-7-12(13)14-9(10)2/h6-7,11H,3-5,8H2,1-2H3/t11-/m1/s1. The van der Waals surface area contributed by atoms with E-state index in [1.165, 1.54) is 24.9 Å². The lowest BCUT2D eigenvalue weighted by Crippen LogP contribution is -2.23. The number of aryl methyl sites for hydroxylation is 1. The number of nitrogens with zero attached hydrogens (tertiary/aromatic N) is 2. The fraction of sp³-hybridized carbons (Fsp3) is 0.583. The molecule has 1 aromatic heterocycles. The molecule has 0 amide bonds. The number of pyridine rings is 1. The van der Waals surface area contributed by atoms with Crippen molar-refractivity contribution in [2.24, 2.45) is 0 Å². The maximum Gasteiger partial charge on any atom is 0.129 e. The molecule has 0 unspecified atom stereocenters. The minimum absolute atomic E-state index is 0.555. The van der Waals surface area contributed by atoms with Crippen LogP contribution in [0, 0.1) is 6.92 Å². The molecule has 2 rings (SSSR count). The number of aromatic nitrogens is 1. The highest BCUT2D eigenvalue weighted by Gasteiger charge is 2.25. The van der Waals surface area contributed by atoms with Crippen molar-refractivity contribution in [1.29, 1.82) is 0 Å². The van der Waals surface area contributed by atoms with Gasteiger partial charge in [-0.05, 0) is 44.5 Å². The quantitative estimate of drug-likeness (QED) is 0.718. The van der Waals surface area contributed by atoms with E-state index in [9.17, 15) is 0 Å². The van der Waals surface area contributed by atoms with E-state index in [4.69, 9.17) is 11.6 Å². The van der Waals surface area contributed by atoms with Crippen LogP contribution in [0.2, 0.25) is 5.15 Å². The minimum Gasteiger partial charge on any atom is -0.297 e. The van der Waals surface area contributed by atoms with E-state index in [2.05, 4.69) is 22.9 Å². The molecule has 15 heavy (non-hydrogen) atoms. The highest BCUT2D eigenvalue weighted by atomic mass is 35.5. The van der Waals surface area contributed by atoms with Gasteiger partial charge in [0.2, 0.25) is 0 Å². The molecular weight excluding hydrogens is 208 g/mol. The van der Waals surface area contributed by atoms with Gasteiger partial charge in [0.1, 0.15) is 5.15 Å². The molecule has 1 fully saturated rings. The molecule has 0 aliphatic carbocycles. The molecular formula is C12H17ClN2. The molecule has 0 aromatic carbocycles. The second-order valence-corrected chi connectivity index (χ2v) is 4.48. The maximum atomic E-state index is 5.87. The zero-order valence-corrected chi connectivity index (χ0v) is 10.1. The summed E-state index contributed by atoms with van der Waals surface area (Å²) in [5, 5.41) is 0.595. The summed E-state index contributed by atoms with van der Waals surface area (Å²) in [6.45, 7) is 6.60. The fourth-order valence-electron chi connectivity index (χ4n) is 2.45. The second kappa shape index (κ2) is 4.50. The van der Waals surface area contributed by atoms with E-state index < -0.39 is 0 Å². The normalized spacial score (nSPS) is 22.2. The Balaban J connectivity index is 2.28. The molecule has 0 spiro atoms. The van der Waals surface area contributed by atoms with E-state index in [-0.39, 0.29) is 0 Å². The molecule has 2 heterocycles. The van der Waals surface area contributed by atoms with Crippen molar-refractivity contribution in [2.45, 2.75) is 32.7 Å². The summed E-state index contributed by atoms with van der Waals surface area (Å²) < 4.78 is 0. The Bertz CT molecular complexity index is 351. The molecule has 0 N–H and O–H groups in total. The minimum atomic E-state index is 0.555. The van der Waals surface area contributed by atoms with Crippen LogP contribution in [-0.4, -0.2) is 23.0 Å². The summed E-state index contributed by atoms with van der Waals surface area (Å²) in [5.74, 6) is 0. The number of rotatable bonds is 2. The van der Waals surface area contributed by atoms with Crippen molar-refractivity contribution in [3.63, 3.8) is 0 Å². The summed E-state index contributed by atoms with van der Waals surface area (Å²) in [6.07, 6.45) is 2.54. The van der Waals surface area contributed by atoms with Crippen LogP contribution in [0.25, 0.3) is 0 Å². The molecule has 0 radical (unpaired) electrons. The summed E-state index contributed by atoms with van der Waals surface area (Å²) >= 11 is 5.87. The highest BCUT2D eigenvalue weighted by molar-refractivity contribution is 6.29. The SMILES string of the molecule is CCN1CCC[C@@H]1c1ccc(Cl)nc1C. The van der Waals surface area contributed by atoms with Crippen LogP contribution in [0.15, 0.2) is 12.1 Å². The molecule has 1 atom stereocenters. The first-order valence-corrected chi connectivity index (χ1v) is 5.97. The van der Waals surface area contributed by atoms with Crippen LogP contribution in [0.4, 0.5) is 0 Å². The zero-order valence-electron chi connectivity index (χ0n) is 9.33. The summed E-state index contributed by atoms with van der Waals surface area (Å²) in [7, 11) is 0. The Morgan fingerprint density at radius 3 is 3.00 bits per heavy atom. The van der Waals surface area contributed by atoms with Crippen LogP contribution < -0.4 is 0 Å². The number of likely N-dealkylation sites (tertiary alicyclic amines) is 1. The first-order chi connectivity index (χ1) is 7.22. The van der Waals surface area contributed by atoms with Crippen LogP contribution in [0.1, 0.15) is 37.1 Å². The Morgan fingerprint density at radius 1 is 1.53 bits per heavy atom. The first-order valence-electron chi connectivity index (χ1n) is 5.59. The van der Waals surface area contributed by atoms with E-state index in [1.54, 1.807) is 0 Å². The third-order valence-electron chi connectivity index (χ3n) is 3.22. The average molecular weight is 225 g/mol. The molecule has 82 valence electrons. The topological polar surface area (TPSA) is 16.1 Å². The van der Waals surface area contributed by atoms with Crippen molar-refractivity contribution < 1.29 is 0 Å². The van der Waals surface area contributed by atoms with Gasteiger partial charge in [-0.15, -0.1) is 0 Å². The third-order valence-corrected chi connectivity index (χ3v) is 3.43. The highest BCUT2D eigenvalue weighted by Crippen LogP contribution is 2.33. The van der Waals surface area contributed by atoms with Crippen LogP contribution in [0.3, 0.4) is 0 Å². The van der Waals surface area contributed by atoms with Crippen molar-refractivity contribution in [3.05, 3.63) is 28.5 Å². The molecule has 1 aliphatic heterocycles. The van der Waals surface area contributed by atoms with Gasteiger partial charge in [0.25, 0.3) is 0 Å². The van der Waals surface area contributed by atoms with Crippen molar-refractivity contribution in [3.8, 4) is 0 Å². The lowest BCUT2D eigenvalue weighted by Gasteiger charge is -2.24. The Morgan fingerprint density at radius 2 is 2.33 bits per heavy atom. The first kappa shape index (κ1) is 10.9. The van der Waals surface area contributed by atoms with E-state index in [1.807, 2.05) is 13.0 Å².